The van der Waals surface area contributed by atoms with Gasteiger partial charge >= 0.3 is 16.4 Å². The van der Waals surface area contributed by atoms with E-state index < -0.39 is 76.8 Å². The smallest absolute Gasteiger partial charge is 0.397 e. The third-order valence-corrected chi connectivity index (χ3v) is 9.26. The lowest BCUT2D eigenvalue weighted by atomic mass is 10.1. The monoisotopic (exact) mass is 700 g/mol. The second-order valence-corrected chi connectivity index (χ2v) is 13.7. The Labute approximate surface area is 261 Å². The molecule has 21 heteroatoms. The van der Waals surface area contributed by atoms with Gasteiger partial charge in [-0.3, -0.25) is 4.55 Å². The van der Waals surface area contributed by atoms with E-state index in [1.54, 1.807) is 0 Å². The van der Waals surface area contributed by atoms with E-state index in [2.05, 4.69) is 31.2 Å². The van der Waals surface area contributed by atoms with Gasteiger partial charge in [0, 0.05) is 17.5 Å². The minimum atomic E-state index is -4.87. The minimum Gasteiger partial charge on any atom is -0.505 e. The molecule has 0 heterocycles. The van der Waals surface area contributed by atoms with Crippen LogP contribution in [0.5, 0.6) is 23.0 Å². The molecule has 0 aliphatic heterocycles. The van der Waals surface area contributed by atoms with E-state index in [-0.39, 0.29) is 32.7 Å². The summed E-state index contributed by atoms with van der Waals surface area (Å²) in [4.78, 5) is 11.4. The van der Waals surface area contributed by atoms with Gasteiger partial charge in [0.1, 0.15) is 34.3 Å². The number of sulfone groups is 2. The van der Waals surface area contributed by atoms with E-state index >= 15 is 0 Å². The zero-order valence-electron chi connectivity index (χ0n) is 23.6. The lowest BCUT2D eigenvalue weighted by Crippen LogP contribution is -2.15. The molecule has 3 aromatic rings. The highest BCUT2D eigenvalue weighted by Gasteiger charge is 2.23. The fourth-order valence-corrected chi connectivity index (χ4v) is 5.74. The lowest BCUT2D eigenvalue weighted by Gasteiger charge is -2.10. The Morgan fingerprint density at radius 3 is 1.85 bits per heavy atom. The van der Waals surface area contributed by atoms with Gasteiger partial charge in [-0.2, -0.15) is 8.42 Å². The number of azo groups is 2. The van der Waals surface area contributed by atoms with Crippen LogP contribution < -0.4 is 9.47 Å². The zero-order valence-corrected chi connectivity index (χ0v) is 26.1. The molecule has 0 aliphatic carbocycles. The Hall–Kier alpha value is -4.96. The number of aromatic hydroxyl groups is 2. The van der Waals surface area contributed by atoms with Gasteiger partial charge in [-0.1, -0.05) is 6.58 Å². The summed E-state index contributed by atoms with van der Waals surface area (Å²) in [5, 5.41) is 46.8. The summed E-state index contributed by atoms with van der Waals surface area (Å²) >= 11 is 0. The zero-order chi connectivity index (χ0) is 34.4. The van der Waals surface area contributed by atoms with Crippen LogP contribution in [-0.2, 0) is 34.3 Å². The molecule has 0 spiro atoms. The van der Waals surface area contributed by atoms with Gasteiger partial charge in [-0.05, 0) is 30.3 Å². The number of aromatic carboxylic acids is 1. The Balaban J connectivity index is 2.03. The van der Waals surface area contributed by atoms with Crippen molar-refractivity contribution < 1.29 is 63.6 Å². The van der Waals surface area contributed by atoms with Crippen molar-refractivity contribution >= 4 is 58.8 Å². The number of rotatable bonds is 14. The molecule has 0 saturated carbocycles. The first-order chi connectivity index (χ1) is 21.4. The summed E-state index contributed by atoms with van der Waals surface area (Å²) in [5.41, 5.74) is -2.25. The summed E-state index contributed by atoms with van der Waals surface area (Å²) in [6, 6.07) is 7.41. The molecule has 0 unspecified atom stereocenters. The predicted octanol–water partition coefficient (Wildman–Crippen LogP) is 4.15. The molecule has 0 aromatic heterocycles. The highest BCUT2D eigenvalue weighted by Crippen LogP contribution is 2.47. The number of ether oxygens (including phenoxy) is 2. The molecule has 46 heavy (non-hydrogen) atoms. The molecule has 3 rings (SSSR count). The quantitative estimate of drug-likeness (QED) is 0.136. The Bertz CT molecular complexity index is 2080. The summed E-state index contributed by atoms with van der Waals surface area (Å²) in [5.74, 6) is -4.52. The molecule has 3 aromatic carbocycles. The normalized spacial score (nSPS) is 12.4. The predicted molar refractivity (Wildman–Crippen MR) is 158 cm³/mol. The summed E-state index contributed by atoms with van der Waals surface area (Å²) < 4.78 is 93.5. The van der Waals surface area contributed by atoms with Crippen molar-refractivity contribution in [3.63, 3.8) is 0 Å². The maximum Gasteiger partial charge on any atom is 0.397 e. The van der Waals surface area contributed by atoms with Gasteiger partial charge in [-0.15, -0.1) is 20.5 Å². The van der Waals surface area contributed by atoms with E-state index in [0.29, 0.717) is 6.07 Å². The van der Waals surface area contributed by atoms with Crippen LogP contribution in [-0.4, -0.2) is 77.7 Å². The molecule has 0 amide bonds. The standard InChI is InChI=1S/C25H24N4O14S3/c1-4-44(34,35)14-5-7-18(20(11-14)41-2)27-29-23-19(30)13-16(25(32)33)22(24(23)31)28-26-17-8-6-15(12-21(17)42-3)45(36,37)10-9-43-46(38,39)40/h4-8,11-13,30-31H,1,9-10H2,2-3H3,(H,32,33)(H,38,39,40). The number of hydrogen-bond donors (Lipinski definition) is 4. The van der Waals surface area contributed by atoms with Gasteiger partial charge in [0.15, 0.2) is 31.1 Å². The number of carboxylic acid groups (broad SMARTS) is 1. The van der Waals surface area contributed by atoms with Crippen molar-refractivity contribution in [2.45, 2.75) is 9.79 Å². The maximum atomic E-state index is 12.5. The summed E-state index contributed by atoms with van der Waals surface area (Å²) in [6.07, 6.45) is 0. The van der Waals surface area contributed by atoms with Gasteiger partial charge in [-0.25, -0.2) is 25.8 Å². The third kappa shape index (κ3) is 8.39. The summed E-state index contributed by atoms with van der Waals surface area (Å²) in [7, 11) is -10.5. The average Bonchev–Trinajstić information content (AvgIpc) is 2.99. The van der Waals surface area contributed by atoms with Crippen LogP contribution in [0.4, 0.5) is 22.7 Å². The molecule has 0 saturated heterocycles. The average molecular weight is 701 g/mol. The molecule has 4 N–H and O–H groups in total. The Kier molecular flexibility index (Phi) is 10.8. The molecule has 0 radical (unpaired) electrons. The Morgan fingerprint density at radius 1 is 0.826 bits per heavy atom. The van der Waals surface area contributed by atoms with Crippen LogP contribution >= 0.6 is 0 Å². The molecular weight excluding hydrogens is 676 g/mol. The maximum absolute atomic E-state index is 12.5. The fraction of sp³-hybridized carbons (Fsp3) is 0.160. The largest absolute Gasteiger partial charge is 0.505 e. The van der Waals surface area contributed by atoms with Gasteiger partial charge in [0.2, 0.25) is 0 Å². The number of carbonyl (C=O) groups is 1. The number of nitrogens with zero attached hydrogens (tertiary/aromatic N) is 4. The number of carboxylic acids is 1. The van der Waals surface area contributed by atoms with E-state index in [4.69, 9.17) is 14.0 Å². The number of phenolic OH excluding ortho intramolecular Hbond substituents is 2. The summed E-state index contributed by atoms with van der Waals surface area (Å²) in [6.45, 7) is 2.36. The van der Waals surface area contributed by atoms with Crippen LogP contribution in [0.15, 0.2) is 84.7 Å². The molecule has 0 aliphatic rings. The first-order valence-electron chi connectivity index (χ1n) is 12.2. The van der Waals surface area contributed by atoms with Crippen molar-refractivity contribution in [2.24, 2.45) is 20.5 Å². The number of benzene rings is 3. The molecule has 0 bridgehead atoms. The molecule has 0 atom stereocenters. The van der Waals surface area contributed by atoms with Crippen LogP contribution in [0.2, 0.25) is 0 Å². The van der Waals surface area contributed by atoms with Crippen LogP contribution in [0.3, 0.4) is 0 Å². The second kappa shape index (κ2) is 14.0. The van der Waals surface area contributed by atoms with Gasteiger partial charge in [0.05, 0.1) is 41.9 Å². The highest BCUT2D eigenvalue weighted by molar-refractivity contribution is 7.94. The van der Waals surface area contributed by atoms with Crippen molar-refractivity contribution in [1.82, 2.24) is 0 Å². The van der Waals surface area contributed by atoms with Gasteiger partial charge < -0.3 is 24.8 Å². The van der Waals surface area contributed by atoms with E-state index in [1.165, 1.54) is 19.2 Å². The molecule has 0 fully saturated rings. The SMILES string of the molecule is C=CS(=O)(=O)c1ccc(N=Nc2c(O)cc(C(=O)O)c(N=Nc3ccc(S(=O)(=O)CCOS(=O)(=O)O)cc3OC)c2O)c(OC)c1. The number of hydrogen-bond acceptors (Lipinski definition) is 16. The number of methoxy groups -OCH3 is 2. The highest BCUT2D eigenvalue weighted by atomic mass is 32.3. The van der Waals surface area contributed by atoms with E-state index in [9.17, 15) is 45.4 Å². The van der Waals surface area contributed by atoms with Crippen molar-refractivity contribution in [3.8, 4) is 23.0 Å². The Morgan fingerprint density at radius 2 is 1.35 bits per heavy atom. The van der Waals surface area contributed by atoms with Gasteiger partial charge in [0.25, 0.3) is 0 Å². The first kappa shape index (κ1) is 35.5. The van der Waals surface area contributed by atoms with Crippen molar-refractivity contribution in [3.05, 3.63) is 60.0 Å². The van der Waals surface area contributed by atoms with E-state index in [0.717, 1.165) is 36.8 Å². The van der Waals surface area contributed by atoms with Crippen molar-refractivity contribution in [1.29, 1.82) is 0 Å². The molecular formula is C25H24N4O14S3. The van der Waals surface area contributed by atoms with Crippen LogP contribution in [0.1, 0.15) is 10.4 Å². The topological polar surface area (TPSA) is 278 Å². The minimum absolute atomic E-state index is 0.0425. The van der Waals surface area contributed by atoms with E-state index in [1.807, 2.05) is 0 Å². The fourth-order valence-electron chi connectivity index (χ4n) is 3.52. The molecule has 246 valence electrons. The number of phenols is 2. The third-order valence-electron chi connectivity index (χ3n) is 5.77. The lowest BCUT2D eigenvalue weighted by molar-refractivity contribution is 0.0696. The molecule has 18 nitrogen and oxygen atoms in total. The second-order valence-electron chi connectivity index (χ2n) is 8.64. The van der Waals surface area contributed by atoms with Crippen molar-refractivity contribution in [2.75, 3.05) is 26.6 Å². The van der Waals surface area contributed by atoms with Crippen LogP contribution in [0.25, 0.3) is 0 Å². The first-order valence-corrected chi connectivity index (χ1v) is 16.7. The van der Waals surface area contributed by atoms with Crippen LogP contribution in [0, 0.1) is 0 Å².